The van der Waals surface area contributed by atoms with Crippen LogP contribution in [-0.2, 0) is 11.2 Å². The SMILES string of the molecule is CCCCN(C(=O)[C@@H]1C=C2c3cccc4[nH]cc(c34)C[C@H]2[NH+](C)C1)C(C)C. The van der Waals surface area contributed by atoms with Crippen molar-refractivity contribution in [2.45, 2.75) is 52.1 Å². The second-order valence-electron chi connectivity index (χ2n) is 8.56. The van der Waals surface area contributed by atoms with Crippen LogP contribution in [0.4, 0.5) is 0 Å². The maximum atomic E-state index is 13.4. The summed E-state index contributed by atoms with van der Waals surface area (Å²) in [6.07, 6.45) is 7.71. The largest absolute Gasteiger partial charge is 0.361 e. The van der Waals surface area contributed by atoms with Gasteiger partial charge in [-0.1, -0.05) is 31.6 Å². The summed E-state index contributed by atoms with van der Waals surface area (Å²) in [4.78, 5) is 20.3. The van der Waals surface area contributed by atoms with Gasteiger partial charge in [-0.15, -0.1) is 0 Å². The van der Waals surface area contributed by atoms with Gasteiger partial charge < -0.3 is 14.8 Å². The molecule has 2 aliphatic rings. The van der Waals surface area contributed by atoms with Crippen LogP contribution >= 0.6 is 0 Å². The van der Waals surface area contributed by atoms with E-state index in [1.165, 1.54) is 32.5 Å². The standard InChI is InChI=1S/C23H31N3O/c1-5-6-10-26(15(2)3)23(27)17-11-19-18-8-7-9-20-22(18)16(13-24-20)12-21(19)25(4)14-17/h7-9,11,13,15,17,21,24H,5-6,10,12,14H2,1-4H3/p+1/t17-,21-/m1/s1. The number of aromatic nitrogens is 1. The Morgan fingerprint density at radius 1 is 1.37 bits per heavy atom. The number of aromatic amines is 1. The van der Waals surface area contributed by atoms with E-state index < -0.39 is 0 Å². The number of nitrogens with one attached hydrogen (secondary N) is 2. The van der Waals surface area contributed by atoms with Gasteiger partial charge in [0.2, 0.25) is 5.91 Å². The molecule has 2 aromatic rings. The monoisotopic (exact) mass is 366 g/mol. The average molecular weight is 367 g/mol. The Hall–Kier alpha value is -2.07. The number of rotatable bonds is 5. The van der Waals surface area contributed by atoms with Crippen molar-refractivity contribution in [1.82, 2.24) is 9.88 Å². The minimum absolute atomic E-state index is 0.0220. The van der Waals surface area contributed by atoms with Gasteiger partial charge in [-0.3, -0.25) is 4.79 Å². The fraction of sp³-hybridized carbons (Fsp3) is 0.522. The summed E-state index contributed by atoms with van der Waals surface area (Å²) in [5.74, 6) is 0.280. The number of hydrogen-bond acceptors (Lipinski definition) is 1. The molecule has 0 spiro atoms. The number of unbranched alkanes of at least 4 members (excludes halogenated alkanes) is 1. The fourth-order valence-electron chi connectivity index (χ4n) is 4.91. The molecule has 2 N–H and O–H groups in total. The lowest BCUT2D eigenvalue weighted by Crippen LogP contribution is -3.15. The molecule has 1 aromatic carbocycles. The van der Waals surface area contributed by atoms with Crippen LogP contribution in [0.3, 0.4) is 0 Å². The number of carbonyl (C=O) groups is 1. The highest BCUT2D eigenvalue weighted by Crippen LogP contribution is 2.37. The Morgan fingerprint density at radius 2 is 2.19 bits per heavy atom. The Balaban J connectivity index is 1.71. The van der Waals surface area contributed by atoms with E-state index in [2.05, 4.69) is 68.2 Å². The quantitative estimate of drug-likeness (QED) is 0.839. The van der Waals surface area contributed by atoms with Gasteiger partial charge in [0.1, 0.15) is 12.0 Å². The Morgan fingerprint density at radius 3 is 2.93 bits per heavy atom. The van der Waals surface area contributed by atoms with Gasteiger partial charge in [-0.05, 0) is 37.5 Å². The highest BCUT2D eigenvalue weighted by Gasteiger charge is 2.39. The average Bonchev–Trinajstić information content (AvgIpc) is 3.07. The van der Waals surface area contributed by atoms with E-state index in [4.69, 9.17) is 0 Å². The van der Waals surface area contributed by atoms with Crippen LogP contribution in [0.2, 0.25) is 0 Å². The molecule has 4 heteroatoms. The normalized spacial score (nSPS) is 24.0. The maximum Gasteiger partial charge on any atom is 0.235 e. The van der Waals surface area contributed by atoms with Crippen LogP contribution in [0.15, 0.2) is 30.5 Å². The minimum Gasteiger partial charge on any atom is -0.361 e. The fourth-order valence-corrected chi connectivity index (χ4v) is 4.91. The zero-order valence-electron chi connectivity index (χ0n) is 17.0. The van der Waals surface area contributed by atoms with Crippen molar-refractivity contribution in [2.24, 2.45) is 5.92 Å². The molecule has 144 valence electrons. The molecule has 4 rings (SSSR count). The summed E-state index contributed by atoms with van der Waals surface area (Å²) in [5, 5.41) is 1.35. The Bertz CT molecular complexity index is 879. The summed E-state index contributed by atoms with van der Waals surface area (Å²) >= 11 is 0. The third-order valence-corrected chi connectivity index (χ3v) is 6.39. The number of H-pyrrole nitrogens is 1. The first-order valence-electron chi connectivity index (χ1n) is 10.4. The molecule has 1 aliphatic carbocycles. The predicted molar refractivity (Wildman–Crippen MR) is 111 cm³/mol. The van der Waals surface area contributed by atoms with Gasteiger partial charge in [-0.2, -0.15) is 0 Å². The van der Waals surface area contributed by atoms with Crippen LogP contribution in [-0.4, -0.2) is 48.0 Å². The third kappa shape index (κ3) is 3.10. The first-order chi connectivity index (χ1) is 13.0. The van der Waals surface area contributed by atoms with Crippen LogP contribution in [0.1, 0.15) is 44.7 Å². The van der Waals surface area contributed by atoms with E-state index in [0.29, 0.717) is 11.9 Å². The van der Waals surface area contributed by atoms with E-state index in [0.717, 1.165) is 32.4 Å². The lowest BCUT2D eigenvalue weighted by Gasteiger charge is -2.38. The van der Waals surface area contributed by atoms with Crippen LogP contribution in [0.5, 0.6) is 0 Å². The van der Waals surface area contributed by atoms with Crippen LogP contribution in [0.25, 0.3) is 16.5 Å². The van der Waals surface area contributed by atoms with Crippen molar-refractivity contribution < 1.29 is 9.69 Å². The van der Waals surface area contributed by atoms with Gasteiger partial charge in [0, 0.05) is 41.7 Å². The summed E-state index contributed by atoms with van der Waals surface area (Å²) < 4.78 is 0. The van der Waals surface area contributed by atoms with Crippen LogP contribution < -0.4 is 4.90 Å². The number of amides is 1. The molecule has 1 amide bonds. The second-order valence-corrected chi connectivity index (χ2v) is 8.56. The van der Waals surface area contributed by atoms with Crippen molar-refractivity contribution in [3.05, 3.63) is 41.6 Å². The van der Waals surface area contributed by atoms with Gasteiger partial charge in [-0.25, -0.2) is 0 Å². The molecule has 0 saturated heterocycles. The molecule has 1 aliphatic heterocycles. The zero-order valence-corrected chi connectivity index (χ0v) is 17.0. The third-order valence-electron chi connectivity index (χ3n) is 6.39. The molecule has 0 bridgehead atoms. The van der Waals surface area contributed by atoms with Gasteiger partial charge >= 0.3 is 0 Å². The lowest BCUT2D eigenvalue weighted by molar-refractivity contribution is -0.900. The first-order valence-corrected chi connectivity index (χ1v) is 10.4. The lowest BCUT2D eigenvalue weighted by atomic mass is 9.79. The van der Waals surface area contributed by atoms with E-state index in [9.17, 15) is 4.79 Å². The van der Waals surface area contributed by atoms with Crippen molar-refractivity contribution >= 4 is 22.4 Å². The highest BCUT2D eigenvalue weighted by molar-refractivity contribution is 5.98. The second kappa shape index (κ2) is 7.16. The Kier molecular flexibility index (Phi) is 4.85. The molecule has 4 nitrogen and oxygen atoms in total. The molecule has 3 atom stereocenters. The predicted octanol–water partition coefficient (Wildman–Crippen LogP) is 2.66. The number of fused-ring (bicyclic) bond motifs is 2. The first kappa shape index (κ1) is 18.3. The number of carbonyl (C=O) groups excluding carboxylic acids is 1. The molecule has 27 heavy (non-hydrogen) atoms. The molecule has 1 unspecified atom stereocenters. The maximum absolute atomic E-state index is 13.4. The number of hydrogen-bond donors (Lipinski definition) is 2. The topological polar surface area (TPSA) is 40.5 Å². The van der Waals surface area contributed by atoms with Gasteiger partial charge in [0.15, 0.2) is 0 Å². The van der Waals surface area contributed by atoms with Crippen molar-refractivity contribution in [3.8, 4) is 0 Å². The van der Waals surface area contributed by atoms with Crippen molar-refractivity contribution in [3.63, 3.8) is 0 Å². The molecule has 2 heterocycles. The summed E-state index contributed by atoms with van der Waals surface area (Å²) in [6.45, 7) is 8.21. The molecular formula is C23H32N3O+. The smallest absolute Gasteiger partial charge is 0.235 e. The van der Waals surface area contributed by atoms with Gasteiger partial charge in [0.25, 0.3) is 0 Å². The summed E-state index contributed by atoms with van der Waals surface area (Å²) in [6, 6.07) is 7.22. The van der Waals surface area contributed by atoms with Crippen molar-refractivity contribution in [2.75, 3.05) is 20.1 Å². The van der Waals surface area contributed by atoms with Crippen molar-refractivity contribution in [1.29, 1.82) is 0 Å². The molecular weight excluding hydrogens is 334 g/mol. The van der Waals surface area contributed by atoms with E-state index in [1.54, 1.807) is 0 Å². The zero-order chi connectivity index (χ0) is 19.1. The van der Waals surface area contributed by atoms with E-state index in [-0.39, 0.29) is 12.0 Å². The highest BCUT2D eigenvalue weighted by atomic mass is 16.2. The number of likely N-dealkylation sites (N-methyl/N-ethyl adjacent to an activating group) is 1. The molecule has 0 fully saturated rings. The summed E-state index contributed by atoms with van der Waals surface area (Å²) in [5.41, 5.74) is 5.31. The number of quaternary nitrogens is 1. The molecule has 1 aromatic heterocycles. The Labute approximate surface area is 162 Å². The van der Waals surface area contributed by atoms with Gasteiger partial charge in [0.05, 0.1) is 13.6 Å². The molecule has 0 saturated carbocycles. The van der Waals surface area contributed by atoms with E-state index >= 15 is 0 Å². The summed E-state index contributed by atoms with van der Waals surface area (Å²) in [7, 11) is 2.25. The number of benzene rings is 1. The molecule has 0 radical (unpaired) electrons. The van der Waals surface area contributed by atoms with E-state index in [1.807, 2.05) is 0 Å². The van der Waals surface area contributed by atoms with Crippen LogP contribution in [0, 0.1) is 5.92 Å². The number of nitrogens with zero attached hydrogens (tertiary/aromatic N) is 1. The minimum atomic E-state index is -0.0220.